The molecule has 0 aliphatic carbocycles. The van der Waals surface area contributed by atoms with Gasteiger partial charge in [-0.1, -0.05) is 31.7 Å². The molecule has 0 amide bonds. The lowest BCUT2D eigenvalue weighted by molar-refractivity contribution is 1.22. The van der Waals surface area contributed by atoms with Gasteiger partial charge in [0.2, 0.25) is 0 Å². The lowest BCUT2D eigenvalue weighted by Crippen LogP contribution is -1.82. The van der Waals surface area contributed by atoms with Crippen molar-refractivity contribution in [2.24, 2.45) is 0 Å². The standard InChI is InChI=1S/C11H13N/c1-3-4-7-10(2)11-8-5-6-9-12-11/h4-9H,2-3H2,1H3/b7-4-. The lowest BCUT2D eigenvalue weighted by Gasteiger charge is -1.96. The van der Waals surface area contributed by atoms with Gasteiger partial charge in [0.15, 0.2) is 0 Å². The summed E-state index contributed by atoms with van der Waals surface area (Å²) in [5.41, 5.74) is 1.92. The summed E-state index contributed by atoms with van der Waals surface area (Å²) in [5.74, 6) is 0. The van der Waals surface area contributed by atoms with Crippen molar-refractivity contribution >= 4 is 5.57 Å². The molecule has 0 saturated carbocycles. The molecule has 0 aliphatic rings. The molecule has 0 fully saturated rings. The molecular weight excluding hydrogens is 146 g/mol. The molecule has 0 spiro atoms. The third-order valence-electron chi connectivity index (χ3n) is 1.55. The Morgan fingerprint density at radius 1 is 1.58 bits per heavy atom. The zero-order chi connectivity index (χ0) is 8.81. The van der Waals surface area contributed by atoms with Gasteiger partial charge in [0.1, 0.15) is 0 Å². The van der Waals surface area contributed by atoms with E-state index >= 15 is 0 Å². The van der Waals surface area contributed by atoms with E-state index in [4.69, 9.17) is 0 Å². The molecule has 1 heteroatoms. The Bertz CT molecular complexity index is 272. The van der Waals surface area contributed by atoms with E-state index in [0.717, 1.165) is 17.7 Å². The van der Waals surface area contributed by atoms with E-state index in [0.29, 0.717) is 0 Å². The van der Waals surface area contributed by atoms with Crippen molar-refractivity contribution in [1.82, 2.24) is 4.98 Å². The van der Waals surface area contributed by atoms with Crippen LogP contribution in [0.1, 0.15) is 19.0 Å². The number of hydrogen-bond acceptors (Lipinski definition) is 1. The molecule has 1 rings (SSSR count). The number of pyridine rings is 1. The van der Waals surface area contributed by atoms with E-state index in [2.05, 4.69) is 24.6 Å². The first-order chi connectivity index (χ1) is 5.84. The summed E-state index contributed by atoms with van der Waals surface area (Å²) in [6.45, 7) is 6.01. The Labute approximate surface area is 73.5 Å². The van der Waals surface area contributed by atoms with E-state index in [1.54, 1.807) is 6.20 Å². The van der Waals surface area contributed by atoms with Crippen LogP contribution in [-0.2, 0) is 0 Å². The van der Waals surface area contributed by atoms with Gasteiger partial charge in [0.05, 0.1) is 5.69 Å². The second-order valence-electron chi connectivity index (χ2n) is 2.55. The Morgan fingerprint density at radius 2 is 2.42 bits per heavy atom. The highest BCUT2D eigenvalue weighted by molar-refractivity contribution is 5.68. The number of rotatable bonds is 3. The molecule has 12 heavy (non-hydrogen) atoms. The van der Waals surface area contributed by atoms with Crippen LogP contribution in [0.4, 0.5) is 0 Å². The van der Waals surface area contributed by atoms with Gasteiger partial charge in [-0.15, -0.1) is 0 Å². The summed E-state index contributed by atoms with van der Waals surface area (Å²) in [7, 11) is 0. The number of allylic oxidation sites excluding steroid dienone is 3. The van der Waals surface area contributed by atoms with Crippen molar-refractivity contribution in [3.63, 3.8) is 0 Å². The minimum atomic E-state index is 0.946. The van der Waals surface area contributed by atoms with Gasteiger partial charge < -0.3 is 0 Å². The highest BCUT2D eigenvalue weighted by Gasteiger charge is 1.92. The van der Waals surface area contributed by atoms with Crippen molar-refractivity contribution in [2.75, 3.05) is 0 Å². The Kier molecular flexibility index (Phi) is 3.27. The van der Waals surface area contributed by atoms with Crippen LogP contribution in [0.15, 0.2) is 43.1 Å². The molecule has 0 aromatic carbocycles. The third kappa shape index (κ3) is 2.35. The highest BCUT2D eigenvalue weighted by atomic mass is 14.7. The molecule has 0 atom stereocenters. The molecule has 0 bridgehead atoms. The second kappa shape index (κ2) is 4.50. The predicted octanol–water partition coefficient (Wildman–Crippen LogP) is 3.06. The molecule has 0 N–H and O–H groups in total. The topological polar surface area (TPSA) is 12.9 Å². The molecule has 1 nitrogen and oxygen atoms in total. The zero-order valence-corrected chi connectivity index (χ0v) is 7.33. The van der Waals surface area contributed by atoms with E-state index < -0.39 is 0 Å². The van der Waals surface area contributed by atoms with Crippen molar-refractivity contribution in [2.45, 2.75) is 13.3 Å². The Hall–Kier alpha value is -1.37. The minimum Gasteiger partial charge on any atom is -0.256 e. The fraction of sp³-hybridized carbons (Fsp3) is 0.182. The fourth-order valence-corrected chi connectivity index (χ4v) is 0.898. The van der Waals surface area contributed by atoms with Gasteiger partial charge in [-0.25, -0.2) is 0 Å². The van der Waals surface area contributed by atoms with Gasteiger partial charge in [-0.3, -0.25) is 4.98 Å². The van der Waals surface area contributed by atoms with Crippen molar-refractivity contribution < 1.29 is 0 Å². The molecule has 0 saturated heterocycles. The average molecular weight is 159 g/mol. The summed E-state index contributed by atoms with van der Waals surface area (Å²) < 4.78 is 0. The summed E-state index contributed by atoms with van der Waals surface area (Å²) in [5, 5.41) is 0. The zero-order valence-electron chi connectivity index (χ0n) is 7.33. The van der Waals surface area contributed by atoms with Gasteiger partial charge in [0, 0.05) is 6.20 Å². The van der Waals surface area contributed by atoms with E-state index in [-0.39, 0.29) is 0 Å². The van der Waals surface area contributed by atoms with Crippen LogP contribution in [0, 0.1) is 0 Å². The third-order valence-corrected chi connectivity index (χ3v) is 1.55. The molecule has 1 aromatic heterocycles. The van der Waals surface area contributed by atoms with Gasteiger partial charge >= 0.3 is 0 Å². The van der Waals surface area contributed by atoms with E-state index in [1.807, 2.05) is 24.3 Å². The minimum absolute atomic E-state index is 0.946. The van der Waals surface area contributed by atoms with Gasteiger partial charge in [-0.2, -0.15) is 0 Å². The van der Waals surface area contributed by atoms with Crippen LogP contribution in [0.2, 0.25) is 0 Å². The number of aromatic nitrogens is 1. The van der Waals surface area contributed by atoms with Crippen LogP contribution < -0.4 is 0 Å². The highest BCUT2D eigenvalue weighted by Crippen LogP contribution is 2.09. The first kappa shape index (κ1) is 8.72. The molecule has 62 valence electrons. The Morgan fingerprint density at radius 3 is 3.00 bits per heavy atom. The van der Waals surface area contributed by atoms with Crippen LogP contribution in [0.5, 0.6) is 0 Å². The predicted molar refractivity (Wildman–Crippen MR) is 52.7 cm³/mol. The van der Waals surface area contributed by atoms with Crippen molar-refractivity contribution in [1.29, 1.82) is 0 Å². The summed E-state index contributed by atoms with van der Waals surface area (Å²) in [6, 6.07) is 5.83. The first-order valence-electron chi connectivity index (χ1n) is 4.11. The quantitative estimate of drug-likeness (QED) is 0.618. The Balaban J connectivity index is 2.72. The largest absolute Gasteiger partial charge is 0.256 e. The average Bonchev–Trinajstić information content (AvgIpc) is 2.15. The molecule has 1 aromatic rings. The van der Waals surface area contributed by atoms with Crippen LogP contribution in [-0.4, -0.2) is 4.98 Å². The molecule has 0 radical (unpaired) electrons. The SMILES string of the molecule is C=C(/C=C\CC)c1ccccn1. The van der Waals surface area contributed by atoms with Gasteiger partial charge in [0.25, 0.3) is 0 Å². The second-order valence-corrected chi connectivity index (χ2v) is 2.55. The van der Waals surface area contributed by atoms with Crippen molar-refractivity contribution in [3.8, 4) is 0 Å². The smallest absolute Gasteiger partial charge is 0.0695 e. The molecule has 0 aliphatic heterocycles. The van der Waals surface area contributed by atoms with E-state index in [1.165, 1.54) is 0 Å². The van der Waals surface area contributed by atoms with Gasteiger partial charge in [-0.05, 0) is 24.1 Å². The molecule has 0 unspecified atom stereocenters. The molecular formula is C11H13N. The maximum absolute atomic E-state index is 4.18. The summed E-state index contributed by atoms with van der Waals surface area (Å²) >= 11 is 0. The van der Waals surface area contributed by atoms with E-state index in [9.17, 15) is 0 Å². The summed E-state index contributed by atoms with van der Waals surface area (Å²) in [6.07, 6.45) is 6.89. The maximum atomic E-state index is 4.18. The summed E-state index contributed by atoms with van der Waals surface area (Å²) in [4.78, 5) is 4.18. The normalized spacial score (nSPS) is 10.4. The molecule has 1 heterocycles. The van der Waals surface area contributed by atoms with Crippen LogP contribution in [0.3, 0.4) is 0 Å². The number of hydrogen-bond donors (Lipinski definition) is 0. The monoisotopic (exact) mass is 159 g/mol. The maximum Gasteiger partial charge on any atom is 0.0695 e. The van der Waals surface area contributed by atoms with Crippen LogP contribution in [0.25, 0.3) is 5.57 Å². The lowest BCUT2D eigenvalue weighted by atomic mass is 10.2. The first-order valence-corrected chi connectivity index (χ1v) is 4.11. The van der Waals surface area contributed by atoms with Crippen LogP contribution >= 0.6 is 0 Å². The van der Waals surface area contributed by atoms with Crippen molar-refractivity contribution in [3.05, 3.63) is 48.8 Å². The number of nitrogens with zero attached hydrogens (tertiary/aromatic N) is 1. The fourth-order valence-electron chi connectivity index (χ4n) is 0.898.